The van der Waals surface area contributed by atoms with E-state index in [1.54, 1.807) is 6.07 Å². The van der Waals surface area contributed by atoms with Crippen LogP contribution in [0.25, 0.3) is 0 Å². The number of nitrogens with zero attached hydrogens (tertiary/aromatic N) is 2. The molecule has 0 aromatic heterocycles. The molecule has 0 bridgehead atoms. The molecule has 2 aliphatic rings. The zero-order valence-electron chi connectivity index (χ0n) is 9.34. The first-order chi connectivity index (χ1) is 8.74. The molecule has 3 rings (SSSR count). The van der Waals surface area contributed by atoms with Crippen molar-refractivity contribution >= 4 is 43.4 Å². The van der Waals surface area contributed by atoms with Crippen molar-refractivity contribution in [1.82, 2.24) is 5.32 Å². The van der Waals surface area contributed by atoms with Gasteiger partial charge in [0.25, 0.3) is 0 Å². The Morgan fingerprint density at radius 2 is 2.33 bits per heavy atom. The second kappa shape index (κ2) is 4.51. The maximum absolute atomic E-state index is 12.0. The average Bonchev–Trinajstić information content (AvgIpc) is 2.97. The number of carbonyl (C=O) groups excluding carboxylic acids is 2. The van der Waals surface area contributed by atoms with Crippen molar-refractivity contribution < 1.29 is 9.59 Å². The Labute approximate surface area is 109 Å². The van der Waals surface area contributed by atoms with Crippen LogP contribution in [0, 0.1) is 5.92 Å². The van der Waals surface area contributed by atoms with Crippen LogP contribution in [0.3, 0.4) is 0 Å². The average molecular weight is 309 g/mol. The standard InChI is InChI=1S/C11H10N4O2Se/c16-9-4-6(5-12-9)11(17)13-7-2-1-3-8-10(7)15-18-14-8/h1-3,6H,4-5H2,(H,12,16)(H,13,17). The normalized spacial score (nSPS) is 20.2. The summed E-state index contributed by atoms with van der Waals surface area (Å²) in [5.74, 6) is -0.509. The molecule has 2 heterocycles. The summed E-state index contributed by atoms with van der Waals surface area (Å²) in [6.07, 6.45) is 0.256. The summed E-state index contributed by atoms with van der Waals surface area (Å²) in [7, 11) is 0. The second-order valence-corrected chi connectivity index (χ2v) is 5.24. The van der Waals surface area contributed by atoms with Gasteiger partial charge in [0.15, 0.2) is 0 Å². The molecule has 1 saturated heterocycles. The van der Waals surface area contributed by atoms with E-state index in [9.17, 15) is 9.59 Å². The van der Waals surface area contributed by atoms with Gasteiger partial charge in [0.1, 0.15) is 0 Å². The molecule has 6 nitrogen and oxygen atoms in total. The number of amides is 2. The van der Waals surface area contributed by atoms with Crippen molar-refractivity contribution in [2.45, 2.75) is 6.42 Å². The Balaban J connectivity index is 1.78. The van der Waals surface area contributed by atoms with Crippen molar-refractivity contribution in [1.29, 1.82) is 0 Å². The number of hydrogen-bond acceptors (Lipinski definition) is 4. The summed E-state index contributed by atoms with van der Waals surface area (Å²) in [6, 6.07) is 5.53. The van der Waals surface area contributed by atoms with Crippen LogP contribution in [-0.4, -0.2) is 32.9 Å². The number of rotatable bonds is 2. The quantitative estimate of drug-likeness (QED) is 0.815. The van der Waals surface area contributed by atoms with Crippen LogP contribution in [0.5, 0.6) is 0 Å². The van der Waals surface area contributed by atoms with Gasteiger partial charge in [-0.25, -0.2) is 0 Å². The molecular formula is C11H10N4O2Se. The van der Waals surface area contributed by atoms with Crippen molar-refractivity contribution in [3.05, 3.63) is 18.2 Å². The van der Waals surface area contributed by atoms with Gasteiger partial charge in [0.2, 0.25) is 0 Å². The molecule has 1 unspecified atom stereocenters. The molecule has 1 atom stereocenters. The number of fused-ring (bicyclic) bond motifs is 1. The number of hydrogen-bond donors (Lipinski definition) is 2. The predicted octanol–water partition coefficient (Wildman–Crippen LogP) is 1.11. The van der Waals surface area contributed by atoms with Gasteiger partial charge in [-0.3, -0.25) is 0 Å². The van der Waals surface area contributed by atoms with Crippen LogP contribution >= 0.6 is 0 Å². The summed E-state index contributed by atoms with van der Waals surface area (Å²) in [5.41, 5.74) is 2.26. The van der Waals surface area contributed by atoms with Gasteiger partial charge in [-0.05, 0) is 0 Å². The Hall–Kier alpha value is -1.72. The van der Waals surface area contributed by atoms with Crippen LogP contribution in [0.2, 0.25) is 0 Å². The van der Waals surface area contributed by atoms with Crippen molar-refractivity contribution in [2.24, 2.45) is 13.8 Å². The summed E-state index contributed by atoms with van der Waals surface area (Å²) >= 11 is -0.117. The van der Waals surface area contributed by atoms with Crippen LogP contribution in [0.4, 0.5) is 17.1 Å². The molecule has 2 amide bonds. The van der Waals surface area contributed by atoms with E-state index in [4.69, 9.17) is 0 Å². The molecule has 1 aromatic carbocycles. The molecule has 0 saturated carbocycles. The summed E-state index contributed by atoms with van der Waals surface area (Å²) in [4.78, 5) is 23.1. The molecule has 1 aromatic rings. The molecule has 1 fully saturated rings. The van der Waals surface area contributed by atoms with E-state index < -0.39 is 0 Å². The Bertz CT molecular complexity index is 607. The molecule has 7 heteroatoms. The van der Waals surface area contributed by atoms with E-state index in [0.29, 0.717) is 12.2 Å². The number of carbonyl (C=O) groups is 2. The molecule has 0 spiro atoms. The van der Waals surface area contributed by atoms with Crippen LogP contribution in [0.15, 0.2) is 26.1 Å². The Morgan fingerprint density at radius 3 is 3.11 bits per heavy atom. The van der Waals surface area contributed by atoms with Gasteiger partial charge in [-0.2, -0.15) is 0 Å². The first-order valence-electron chi connectivity index (χ1n) is 5.53. The van der Waals surface area contributed by atoms with Gasteiger partial charge in [-0.15, -0.1) is 0 Å². The van der Waals surface area contributed by atoms with E-state index in [2.05, 4.69) is 18.6 Å². The van der Waals surface area contributed by atoms with Crippen molar-refractivity contribution in [3.63, 3.8) is 0 Å². The topological polar surface area (TPSA) is 82.9 Å². The summed E-state index contributed by atoms with van der Waals surface area (Å²) in [6.45, 7) is 0.408. The SMILES string of the molecule is O=C1CC(C(=O)Nc2cccc3c2N=[Se]=N3)CN1. The van der Waals surface area contributed by atoms with E-state index in [1.807, 2.05) is 12.1 Å². The predicted molar refractivity (Wildman–Crippen MR) is 66.1 cm³/mol. The van der Waals surface area contributed by atoms with Gasteiger partial charge in [0.05, 0.1) is 0 Å². The molecular weight excluding hydrogens is 299 g/mol. The Kier molecular flexibility index (Phi) is 2.85. The third-order valence-electron chi connectivity index (χ3n) is 2.89. The molecule has 92 valence electrons. The summed E-state index contributed by atoms with van der Waals surface area (Å²) < 4.78 is 8.55. The second-order valence-electron chi connectivity index (χ2n) is 4.13. The minimum absolute atomic E-state index is 0.0727. The summed E-state index contributed by atoms with van der Waals surface area (Å²) in [5, 5.41) is 5.48. The minimum atomic E-state index is -0.294. The molecule has 2 aliphatic heterocycles. The van der Waals surface area contributed by atoms with Crippen molar-refractivity contribution in [3.8, 4) is 0 Å². The van der Waals surface area contributed by atoms with Gasteiger partial charge in [-0.1, -0.05) is 0 Å². The van der Waals surface area contributed by atoms with E-state index >= 15 is 0 Å². The monoisotopic (exact) mass is 310 g/mol. The molecule has 0 radical (unpaired) electrons. The Morgan fingerprint density at radius 1 is 1.44 bits per heavy atom. The van der Waals surface area contributed by atoms with Crippen LogP contribution in [0.1, 0.15) is 6.42 Å². The van der Waals surface area contributed by atoms with Gasteiger partial charge >= 0.3 is 109 Å². The van der Waals surface area contributed by atoms with Crippen LogP contribution < -0.4 is 10.6 Å². The fourth-order valence-corrected chi connectivity index (χ4v) is 3.09. The van der Waals surface area contributed by atoms with E-state index in [1.165, 1.54) is 0 Å². The molecule has 0 aliphatic carbocycles. The fourth-order valence-electron chi connectivity index (χ4n) is 1.93. The first-order valence-corrected chi connectivity index (χ1v) is 7.06. The third-order valence-corrected chi connectivity index (χ3v) is 4.03. The van der Waals surface area contributed by atoms with Crippen LogP contribution in [-0.2, 0) is 9.59 Å². The van der Waals surface area contributed by atoms with Gasteiger partial charge in [0, 0.05) is 0 Å². The van der Waals surface area contributed by atoms with Gasteiger partial charge < -0.3 is 0 Å². The van der Waals surface area contributed by atoms with E-state index in [0.717, 1.165) is 11.4 Å². The number of benzene rings is 1. The zero-order chi connectivity index (χ0) is 12.5. The first kappa shape index (κ1) is 11.4. The molecule has 2 N–H and O–H groups in total. The van der Waals surface area contributed by atoms with E-state index in [-0.39, 0.29) is 38.7 Å². The maximum atomic E-state index is 12.0. The zero-order valence-corrected chi connectivity index (χ0v) is 11.1. The number of anilines is 1. The van der Waals surface area contributed by atoms with Crippen molar-refractivity contribution in [2.75, 3.05) is 11.9 Å². The fraction of sp³-hybridized carbons (Fsp3) is 0.273. The third kappa shape index (κ3) is 2.02. The molecule has 18 heavy (non-hydrogen) atoms. The number of nitrogens with one attached hydrogen (secondary N) is 2.